The third-order valence-electron chi connectivity index (χ3n) is 11.4. The molecule has 1 atom stereocenters. The van der Waals surface area contributed by atoms with Crippen molar-refractivity contribution in [1.29, 1.82) is 0 Å². The molecule has 9 aromatic rings. The molecule has 2 nitrogen and oxygen atoms in total. The average Bonchev–Trinajstić information content (AvgIpc) is 3.55. The van der Waals surface area contributed by atoms with Gasteiger partial charge in [-0.25, -0.2) is 0 Å². The summed E-state index contributed by atoms with van der Waals surface area (Å²) in [6.07, 6.45) is 0. The van der Waals surface area contributed by atoms with Crippen LogP contribution in [0, 0.1) is 0 Å². The van der Waals surface area contributed by atoms with Crippen molar-refractivity contribution in [3.05, 3.63) is 216 Å². The Kier molecular flexibility index (Phi) is 6.37. The lowest BCUT2D eigenvalue weighted by Gasteiger charge is -2.47. The smallest absolute Gasteiger partial charge is 0.133 e. The summed E-state index contributed by atoms with van der Waals surface area (Å²) in [7, 11) is -1.85. The van der Waals surface area contributed by atoms with E-state index in [-0.39, 0.29) is 0 Å². The molecule has 0 saturated heterocycles. The van der Waals surface area contributed by atoms with Crippen LogP contribution < -0.4 is 20.3 Å². The molecular weight excluding hydrogens is 647 g/mol. The molecule has 1 aromatic heterocycles. The number of rotatable bonds is 3. The van der Waals surface area contributed by atoms with E-state index in [9.17, 15) is 0 Å². The maximum Gasteiger partial charge on any atom is 0.133 e. The second-order valence-corrected chi connectivity index (χ2v) is 16.8. The normalized spacial score (nSPS) is 15.0. The molecule has 2 aliphatic heterocycles. The van der Waals surface area contributed by atoms with Crippen molar-refractivity contribution in [3.63, 3.8) is 0 Å². The van der Waals surface area contributed by atoms with Gasteiger partial charge in [-0.3, -0.25) is 0 Å². The van der Waals surface area contributed by atoms with E-state index in [4.69, 9.17) is 4.74 Å². The van der Waals surface area contributed by atoms with Gasteiger partial charge in [0.05, 0.1) is 16.4 Å². The highest BCUT2D eigenvalue weighted by molar-refractivity contribution is 6.96. The van der Waals surface area contributed by atoms with E-state index < -0.39 is 14.2 Å². The molecule has 0 fully saturated rings. The van der Waals surface area contributed by atoms with Crippen LogP contribution in [0.5, 0.6) is 11.5 Å². The van der Waals surface area contributed by atoms with Crippen LogP contribution in [0.25, 0.3) is 38.6 Å². The number of hydrogen-bond donors (Lipinski definition) is 0. The van der Waals surface area contributed by atoms with Gasteiger partial charge < -0.3 is 9.30 Å². The van der Waals surface area contributed by atoms with Gasteiger partial charge in [0.15, 0.2) is 0 Å². The Hall–Kier alpha value is -6.42. The number of ether oxygens (including phenoxy) is 1. The minimum atomic E-state index is -1.85. The van der Waals surface area contributed by atoms with Crippen LogP contribution in [0.1, 0.15) is 22.3 Å². The van der Waals surface area contributed by atoms with E-state index in [1.54, 1.807) is 0 Å². The van der Waals surface area contributed by atoms with Gasteiger partial charge in [0.1, 0.15) is 20.3 Å². The van der Waals surface area contributed by atoms with E-state index >= 15 is 0 Å². The fraction of sp³-hybridized carbons (Fsp3) is 0.0204. The molecule has 3 heteroatoms. The molecule has 0 saturated carbocycles. The molecule has 8 aromatic carbocycles. The van der Waals surface area contributed by atoms with Gasteiger partial charge in [-0.1, -0.05) is 157 Å². The predicted molar refractivity (Wildman–Crippen MR) is 217 cm³/mol. The van der Waals surface area contributed by atoms with Crippen LogP contribution in [0.3, 0.4) is 0 Å². The van der Waals surface area contributed by atoms with Crippen molar-refractivity contribution < 1.29 is 4.74 Å². The second kappa shape index (κ2) is 11.3. The van der Waals surface area contributed by atoms with Gasteiger partial charge in [0, 0.05) is 27.6 Å². The van der Waals surface area contributed by atoms with Crippen LogP contribution in [0.2, 0.25) is 0 Å². The number of hydrogen-bond acceptors (Lipinski definition) is 1. The van der Waals surface area contributed by atoms with Crippen molar-refractivity contribution in [2.75, 3.05) is 0 Å². The first-order valence-electron chi connectivity index (χ1n) is 18.1. The molecule has 0 bridgehead atoms. The minimum Gasteiger partial charge on any atom is -0.457 e. The molecule has 3 heterocycles. The van der Waals surface area contributed by atoms with E-state index in [0.29, 0.717) is 0 Å². The Balaban J connectivity index is 1.16. The van der Waals surface area contributed by atoms with E-state index in [2.05, 4.69) is 199 Å². The van der Waals surface area contributed by atoms with Crippen molar-refractivity contribution >= 4 is 46.2 Å². The SMILES string of the molecule is c1ccc([SiH]2c3ccccc3C3(c4ccccc4Oc4ccccc43)c3cc(-c4ccc(-n5c6ccccc6c6ccccc65)cc4)ccc32)cc1. The third-order valence-corrected chi connectivity index (χ3v) is 14.7. The van der Waals surface area contributed by atoms with Crippen molar-refractivity contribution in [3.8, 4) is 28.3 Å². The minimum absolute atomic E-state index is 0.533. The van der Waals surface area contributed by atoms with Gasteiger partial charge in [-0.15, -0.1) is 0 Å². The lowest BCUT2D eigenvalue weighted by Crippen LogP contribution is -2.62. The van der Waals surface area contributed by atoms with E-state index in [1.165, 1.54) is 70.7 Å². The molecule has 0 amide bonds. The number of nitrogens with zero attached hydrogens (tertiary/aromatic N) is 1. The van der Waals surface area contributed by atoms with E-state index in [1.807, 2.05) is 0 Å². The number of para-hydroxylation sites is 4. The number of aromatic nitrogens is 1. The first-order valence-corrected chi connectivity index (χ1v) is 19.8. The highest BCUT2D eigenvalue weighted by Gasteiger charge is 2.51. The first-order chi connectivity index (χ1) is 25.8. The molecule has 0 N–H and O–H groups in total. The maximum atomic E-state index is 6.68. The zero-order chi connectivity index (χ0) is 34.2. The lowest BCUT2D eigenvalue weighted by molar-refractivity contribution is 0.435. The lowest BCUT2D eigenvalue weighted by atomic mass is 9.63. The monoisotopic (exact) mass is 679 g/mol. The van der Waals surface area contributed by atoms with Crippen molar-refractivity contribution in [2.24, 2.45) is 0 Å². The quantitative estimate of drug-likeness (QED) is 0.170. The standard InChI is InChI=1S/C49H33NOSi/c1-2-14-36(15-3-1)52-47-25-13-8-20-41(47)49(39-18-6-11-23-45(39)51-46-24-12-7-19-40(46)49)42-32-34(28-31-48(42)52)33-26-29-35(30-27-33)50-43-21-9-4-16-37(43)38-17-5-10-22-44(38)50/h1-32,52H. The molecule has 244 valence electrons. The predicted octanol–water partition coefficient (Wildman–Crippen LogP) is 9.50. The average molecular weight is 680 g/mol. The Morgan fingerprint density at radius 1 is 0.404 bits per heavy atom. The molecule has 0 radical (unpaired) electrons. The number of fused-ring (bicyclic) bond motifs is 11. The molecule has 1 unspecified atom stereocenters. The van der Waals surface area contributed by atoms with Crippen LogP contribution in [-0.4, -0.2) is 13.4 Å². The summed E-state index contributed by atoms with van der Waals surface area (Å²) in [5, 5.41) is 6.91. The molecule has 1 spiro atoms. The van der Waals surface area contributed by atoms with Gasteiger partial charge in [-0.05, 0) is 75.1 Å². The topological polar surface area (TPSA) is 14.2 Å². The summed E-state index contributed by atoms with van der Waals surface area (Å²) in [5.74, 6) is 1.84. The Morgan fingerprint density at radius 2 is 0.923 bits per heavy atom. The zero-order valence-electron chi connectivity index (χ0n) is 28.4. The van der Waals surface area contributed by atoms with Gasteiger partial charge >= 0.3 is 0 Å². The summed E-state index contributed by atoms with van der Waals surface area (Å²) < 4.78 is 9.07. The maximum absolute atomic E-state index is 6.68. The summed E-state index contributed by atoms with van der Waals surface area (Å²) in [5.41, 5.74) is 10.6. The van der Waals surface area contributed by atoms with Gasteiger partial charge in [0.25, 0.3) is 0 Å². The molecule has 52 heavy (non-hydrogen) atoms. The van der Waals surface area contributed by atoms with Crippen LogP contribution in [-0.2, 0) is 5.41 Å². The third kappa shape index (κ3) is 4.05. The highest BCUT2D eigenvalue weighted by atomic mass is 28.3. The Morgan fingerprint density at radius 3 is 1.60 bits per heavy atom. The largest absolute Gasteiger partial charge is 0.457 e. The summed E-state index contributed by atoms with van der Waals surface area (Å²) in [6, 6.07) is 71.6. The van der Waals surface area contributed by atoms with Crippen LogP contribution in [0.4, 0.5) is 0 Å². The molecule has 11 rings (SSSR count). The fourth-order valence-corrected chi connectivity index (χ4v) is 12.8. The molecule has 0 aliphatic carbocycles. The molecule has 2 aliphatic rings. The fourth-order valence-electron chi connectivity index (χ4n) is 9.30. The number of benzene rings is 8. The van der Waals surface area contributed by atoms with Crippen LogP contribution >= 0.6 is 0 Å². The summed E-state index contributed by atoms with van der Waals surface area (Å²) >= 11 is 0. The zero-order valence-corrected chi connectivity index (χ0v) is 29.6. The van der Waals surface area contributed by atoms with Crippen molar-refractivity contribution in [2.45, 2.75) is 5.41 Å². The summed E-state index contributed by atoms with van der Waals surface area (Å²) in [4.78, 5) is 0. The van der Waals surface area contributed by atoms with Crippen LogP contribution in [0.15, 0.2) is 194 Å². The molecular formula is C49H33NOSi. The Bertz CT molecular complexity index is 2740. The Labute approximate surface area is 304 Å². The highest BCUT2D eigenvalue weighted by Crippen LogP contribution is 2.55. The van der Waals surface area contributed by atoms with E-state index in [0.717, 1.165) is 17.2 Å². The van der Waals surface area contributed by atoms with Gasteiger partial charge in [0.2, 0.25) is 0 Å². The summed E-state index contributed by atoms with van der Waals surface area (Å²) in [6.45, 7) is 0. The first kappa shape index (κ1) is 29.3. The second-order valence-electron chi connectivity index (χ2n) is 14.0. The van der Waals surface area contributed by atoms with Gasteiger partial charge in [-0.2, -0.15) is 0 Å². The van der Waals surface area contributed by atoms with Crippen molar-refractivity contribution in [1.82, 2.24) is 4.57 Å².